The van der Waals surface area contributed by atoms with Gasteiger partial charge in [0.05, 0.1) is 0 Å². The molecule has 0 saturated carbocycles. The number of halogens is 1. The van der Waals surface area contributed by atoms with E-state index >= 15 is 0 Å². The van der Waals surface area contributed by atoms with E-state index in [0.717, 1.165) is 6.08 Å². The Labute approximate surface area is 172 Å². The Morgan fingerprint density at radius 2 is 1.50 bits per heavy atom. The summed E-state index contributed by atoms with van der Waals surface area (Å²) in [6.07, 6.45) is 2.35. The smallest absolute Gasteiger partial charge is 0.331 e. The van der Waals surface area contributed by atoms with Gasteiger partial charge in [-0.3, -0.25) is 9.59 Å². The van der Waals surface area contributed by atoms with Gasteiger partial charge in [0.15, 0.2) is 12.4 Å². The lowest BCUT2D eigenvalue weighted by Gasteiger charge is -2.06. The minimum Gasteiger partial charge on any atom is -0.454 e. The van der Waals surface area contributed by atoms with Crippen molar-refractivity contribution in [2.24, 2.45) is 0 Å². The zero-order valence-electron chi connectivity index (χ0n) is 15.9. The fourth-order valence-corrected chi connectivity index (χ4v) is 2.57. The minimum absolute atomic E-state index is 0.244. The highest BCUT2D eigenvalue weighted by molar-refractivity contribution is 6.04. The van der Waals surface area contributed by atoms with Gasteiger partial charge in [-0.2, -0.15) is 0 Å². The van der Waals surface area contributed by atoms with Gasteiger partial charge in [0.25, 0.3) is 5.91 Å². The molecule has 0 aliphatic rings. The van der Waals surface area contributed by atoms with Crippen LogP contribution in [0.2, 0.25) is 0 Å². The van der Waals surface area contributed by atoms with Crippen molar-refractivity contribution >= 4 is 29.4 Å². The fourth-order valence-electron chi connectivity index (χ4n) is 2.57. The van der Waals surface area contributed by atoms with E-state index in [-0.39, 0.29) is 11.5 Å². The third-order valence-electron chi connectivity index (χ3n) is 4.15. The van der Waals surface area contributed by atoms with Crippen molar-refractivity contribution in [3.8, 4) is 0 Å². The van der Waals surface area contributed by atoms with E-state index in [1.54, 1.807) is 48.5 Å². The molecular weight excluding hydrogens is 385 g/mol. The van der Waals surface area contributed by atoms with Crippen LogP contribution >= 0.6 is 0 Å². The van der Waals surface area contributed by atoms with E-state index in [1.807, 2.05) is 6.07 Å². The van der Waals surface area contributed by atoms with Crippen LogP contribution in [0.25, 0.3) is 6.08 Å². The van der Waals surface area contributed by atoms with Gasteiger partial charge in [-0.25, -0.2) is 9.18 Å². The molecule has 0 atom stereocenters. The Bertz CT molecular complexity index is 1080. The highest BCUT2D eigenvalue weighted by Gasteiger charge is 2.10. The maximum atomic E-state index is 13.5. The molecule has 0 bridgehead atoms. The molecule has 3 aromatic carbocycles. The zero-order valence-corrected chi connectivity index (χ0v) is 15.9. The van der Waals surface area contributed by atoms with E-state index in [1.165, 1.54) is 30.3 Å². The molecule has 0 unspecified atom stereocenters. The Balaban J connectivity index is 1.51. The number of esters is 1. The number of amides is 1. The third kappa shape index (κ3) is 5.72. The fraction of sp³-hybridized carbons (Fsp3) is 0.0417. The second-order valence-electron chi connectivity index (χ2n) is 6.28. The van der Waals surface area contributed by atoms with E-state index in [0.29, 0.717) is 16.8 Å². The van der Waals surface area contributed by atoms with Gasteiger partial charge >= 0.3 is 5.97 Å². The average molecular weight is 403 g/mol. The zero-order chi connectivity index (χ0) is 21.3. The number of Topliss-reactive ketones (excluding diaryl/α,β-unsaturated/α-hetero) is 1. The number of nitrogens with one attached hydrogen (secondary N) is 1. The van der Waals surface area contributed by atoms with Crippen LogP contribution in [0.15, 0.2) is 84.9 Å². The second kappa shape index (κ2) is 9.93. The van der Waals surface area contributed by atoms with E-state index < -0.39 is 24.2 Å². The van der Waals surface area contributed by atoms with Gasteiger partial charge in [-0.15, -0.1) is 0 Å². The molecule has 0 saturated heterocycles. The maximum absolute atomic E-state index is 13.5. The summed E-state index contributed by atoms with van der Waals surface area (Å²) in [6, 6.07) is 21.0. The van der Waals surface area contributed by atoms with E-state index in [2.05, 4.69) is 5.32 Å². The topological polar surface area (TPSA) is 72.5 Å². The van der Waals surface area contributed by atoms with Gasteiger partial charge in [0.1, 0.15) is 5.82 Å². The first kappa shape index (κ1) is 20.7. The first-order chi connectivity index (χ1) is 14.5. The summed E-state index contributed by atoms with van der Waals surface area (Å²) in [5.74, 6) is -1.87. The minimum atomic E-state index is -0.752. The molecule has 1 N–H and O–H groups in total. The molecule has 150 valence electrons. The van der Waals surface area contributed by atoms with Crippen molar-refractivity contribution in [2.45, 2.75) is 0 Å². The number of anilines is 1. The van der Waals surface area contributed by atoms with Gasteiger partial charge in [-0.05, 0) is 48.5 Å². The Morgan fingerprint density at radius 3 is 2.20 bits per heavy atom. The van der Waals surface area contributed by atoms with Gasteiger partial charge in [-0.1, -0.05) is 36.4 Å². The molecule has 1 amide bonds. The Hall–Kier alpha value is -4.06. The number of hydrogen-bond acceptors (Lipinski definition) is 4. The first-order valence-electron chi connectivity index (χ1n) is 9.12. The van der Waals surface area contributed by atoms with E-state index in [9.17, 15) is 18.8 Å². The van der Waals surface area contributed by atoms with Gasteiger partial charge < -0.3 is 10.1 Å². The molecule has 3 rings (SSSR count). The standard InChI is InChI=1S/C24H18FNO4/c25-21-9-5-4-6-17(21)12-15-23(28)30-16-22(27)18-10-13-20(14-11-18)26-24(29)19-7-2-1-3-8-19/h1-15H,16H2,(H,26,29)/b15-12+. The molecule has 6 heteroatoms. The molecular formula is C24H18FNO4. The number of carbonyl (C=O) groups is 3. The summed E-state index contributed by atoms with van der Waals surface area (Å²) in [6.45, 7) is -0.448. The van der Waals surface area contributed by atoms with Crippen LogP contribution in [0.3, 0.4) is 0 Å². The summed E-state index contributed by atoms with van der Waals surface area (Å²) in [4.78, 5) is 36.1. The maximum Gasteiger partial charge on any atom is 0.331 e. The van der Waals surface area contributed by atoms with Crippen LogP contribution in [-0.2, 0) is 9.53 Å². The number of carbonyl (C=O) groups excluding carboxylic acids is 3. The Morgan fingerprint density at radius 1 is 0.833 bits per heavy atom. The molecule has 0 aromatic heterocycles. The number of benzene rings is 3. The van der Waals surface area contributed by atoms with Crippen molar-refractivity contribution in [3.63, 3.8) is 0 Å². The molecule has 0 radical (unpaired) electrons. The average Bonchev–Trinajstić information content (AvgIpc) is 2.78. The molecule has 30 heavy (non-hydrogen) atoms. The SMILES string of the molecule is O=C(/C=C/c1ccccc1F)OCC(=O)c1ccc(NC(=O)c2ccccc2)cc1. The van der Waals surface area contributed by atoms with Crippen LogP contribution in [0.1, 0.15) is 26.3 Å². The lowest BCUT2D eigenvalue weighted by atomic mass is 10.1. The van der Waals surface area contributed by atoms with Crippen LogP contribution in [0.4, 0.5) is 10.1 Å². The quantitative estimate of drug-likeness (QED) is 0.358. The van der Waals surface area contributed by atoms with Crippen LogP contribution in [0.5, 0.6) is 0 Å². The normalized spacial score (nSPS) is 10.6. The number of ether oxygens (including phenoxy) is 1. The molecule has 3 aromatic rings. The molecule has 0 aliphatic carbocycles. The summed E-state index contributed by atoms with van der Waals surface area (Å²) in [5.41, 5.74) is 1.63. The van der Waals surface area contributed by atoms with Gasteiger partial charge in [0, 0.05) is 28.5 Å². The highest BCUT2D eigenvalue weighted by Crippen LogP contribution is 2.13. The Kier molecular flexibility index (Phi) is 6.84. The predicted octanol–water partition coefficient (Wildman–Crippen LogP) is 4.52. The van der Waals surface area contributed by atoms with Crippen LogP contribution < -0.4 is 5.32 Å². The first-order valence-corrected chi connectivity index (χ1v) is 9.12. The molecule has 0 fully saturated rings. The monoisotopic (exact) mass is 403 g/mol. The number of hydrogen-bond donors (Lipinski definition) is 1. The summed E-state index contributed by atoms with van der Waals surface area (Å²) < 4.78 is 18.4. The van der Waals surface area contributed by atoms with Crippen molar-refractivity contribution in [1.82, 2.24) is 0 Å². The predicted molar refractivity (Wildman–Crippen MR) is 112 cm³/mol. The largest absolute Gasteiger partial charge is 0.454 e. The van der Waals surface area contributed by atoms with Crippen molar-refractivity contribution in [1.29, 1.82) is 0 Å². The molecule has 0 heterocycles. The lowest BCUT2D eigenvalue weighted by Crippen LogP contribution is -2.13. The molecule has 0 spiro atoms. The second-order valence-corrected chi connectivity index (χ2v) is 6.28. The number of rotatable bonds is 7. The number of ketones is 1. The van der Waals surface area contributed by atoms with Crippen LogP contribution in [-0.4, -0.2) is 24.3 Å². The van der Waals surface area contributed by atoms with Crippen LogP contribution in [0, 0.1) is 5.82 Å². The highest BCUT2D eigenvalue weighted by atomic mass is 19.1. The lowest BCUT2D eigenvalue weighted by molar-refractivity contribution is -0.136. The van der Waals surface area contributed by atoms with E-state index in [4.69, 9.17) is 4.74 Å². The van der Waals surface area contributed by atoms with Crippen molar-refractivity contribution < 1.29 is 23.5 Å². The molecule has 0 aliphatic heterocycles. The summed E-state index contributed by atoms with van der Waals surface area (Å²) in [5, 5.41) is 2.74. The summed E-state index contributed by atoms with van der Waals surface area (Å²) in [7, 11) is 0. The van der Waals surface area contributed by atoms with Gasteiger partial charge in [0.2, 0.25) is 0 Å². The van der Waals surface area contributed by atoms with Crippen molar-refractivity contribution in [3.05, 3.63) is 107 Å². The third-order valence-corrected chi connectivity index (χ3v) is 4.15. The summed E-state index contributed by atoms with van der Waals surface area (Å²) >= 11 is 0. The van der Waals surface area contributed by atoms with Crippen molar-refractivity contribution in [2.75, 3.05) is 11.9 Å². The molecule has 5 nitrogen and oxygen atoms in total.